The summed E-state index contributed by atoms with van der Waals surface area (Å²) >= 11 is 5.90. The van der Waals surface area contributed by atoms with Crippen molar-refractivity contribution in [1.29, 1.82) is 0 Å². The van der Waals surface area contributed by atoms with Gasteiger partial charge in [0.15, 0.2) is 0 Å². The van der Waals surface area contributed by atoms with Gasteiger partial charge in [0.1, 0.15) is 0 Å². The molecule has 0 bridgehead atoms. The van der Waals surface area contributed by atoms with Gasteiger partial charge < -0.3 is 4.90 Å². The maximum Gasteiger partial charge on any atom is 0.0517 e. The summed E-state index contributed by atoms with van der Waals surface area (Å²) < 4.78 is 2.45. The first-order valence-corrected chi connectivity index (χ1v) is 5.99. The molecule has 3 heteroatoms. The van der Waals surface area contributed by atoms with Gasteiger partial charge in [-0.15, -0.1) is 0 Å². The number of rotatable bonds is 1. The van der Waals surface area contributed by atoms with E-state index in [1.165, 1.54) is 13.7 Å². The fraction of sp³-hybridized carbons (Fsp3) is 0.200. The Labute approximate surface area is 100 Å². The lowest BCUT2D eigenvalue weighted by molar-refractivity contribution is 1.00. The molecule has 0 saturated heterocycles. The standard InChI is InChI=1S/C10H9BrIN/c11-9-7-8(12)3-4-10(9)13-5-1-2-6-13/h1-4,7H,5-6H2. The van der Waals surface area contributed by atoms with E-state index in [9.17, 15) is 0 Å². The Morgan fingerprint density at radius 2 is 1.92 bits per heavy atom. The summed E-state index contributed by atoms with van der Waals surface area (Å²) in [6.45, 7) is 2.05. The van der Waals surface area contributed by atoms with E-state index in [0.29, 0.717) is 0 Å². The zero-order valence-corrected chi connectivity index (χ0v) is 10.7. The molecule has 1 aromatic carbocycles. The van der Waals surface area contributed by atoms with Crippen molar-refractivity contribution in [3.05, 3.63) is 38.4 Å². The summed E-state index contributed by atoms with van der Waals surface area (Å²) in [6.07, 6.45) is 4.40. The SMILES string of the molecule is Brc1cc(I)ccc1N1CC=CC1. The van der Waals surface area contributed by atoms with Crippen molar-refractivity contribution < 1.29 is 0 Å². The summed E-state index contributed by atoms with van der Waals surface area (Å²) in [5.74, 6) is 0. The van der Waals surface area contributed by atoms with Gasteiger partial charge in [0.05, 0.1) is 5.69 Å². The van der Waals surface area contributed by atoms with E-state index in [-0.39, 0.29) is 0 Å². The van der Waals surface area contributed by atoms with Crippen LogP contribution >= 0.6 is 38.5 Å². The van der Waals surface area contributed by atoms with Crippen molar-refractivity contribution in [2.75, 3.05) is 18.0 Å². The molecule has 68 valence electrons. The van der Waals surface area contributed by atoms with Gasteiger partial charge in [-0.05, 0) is 56.7 Å². The van der Waals surface area contributed by atoms with E-state index >= 15 is 0 Å². The molecule has 0 aromatic heterocycles. The van der Waals surface area contributed by atoms with Crippen LogP contribution in [0.15, 0.2) is 34.8 Å². The average Bonchev–Trinajstić information content (AvgIpc) is 2.56. The number of anilines is 1. The first-order valence-electron chi connectivity index (χ1n) is 4.12. The van der Waals surface area contributed by atoms with Gasteiger partial charge in [-0.25, -0.2) is 0 Å². The number of hydrogen-bond donors (Lipinski definition) is 0. The van der Waals surface area contributed by atoms with E-state index in [1.54, 1.807) is 0 Å². The van der Waals surface area contributed by atoms with Crippen LogP contribution in [0, 0.1) is 3.57 Å². The van der Waals surface area contributed by atoms with Crippen LogP contribution < -0.4 is 4.90 Å². The lowest BCUT2D eigenvalue weighted by Gasteiger charge is -2.19. The third-order valence-corrected chi connectivity index (χ3v) is 3.37. The van der Waals surface area contributed by atoms with Crippen molar-refractivity contribution in [3.8, 4) is 0 Å². The molecular weight excluding hydrogens is 341 g/mol. The molecule has 0 saturated carbocycles. The van der Waals surface area contributed by atoms with Crippen molar-refractivity contribution in [3.63, 3.8) is 0 Å². The molecule has 0 fully saturated rings. The molecule has 0 unspecified atom stereocenters. The van der Waals surface area contributed by atoms with E-state index in [0.717, 1.165) is 13.1 Å². The Bertz CT molecular complexity index is 341. The summed E-state index contributed by atoms with van der Waals surface area (Å²) in [5.41, 5.74) is 1.28. The highest BCUT2D eigenvalue weighted by atomic mass is 127. The average molecular weight is 350 g/mol. The van der Waals surface area contributed by atoms with Crippen molar-refractivity contribution in [2.45, 2.75) is 0 Å². The van der Waals surface area contributed by atoms with Crippen LogP contribution in [0.1, 0.15) is 0 Å². The van der Waals surface area contributed by atoms with Crippen LogP contribution in [-0.4, -0.2) is 13.1 Å². The van der Waals surface area contributed by atoms with Gasteiger partial charge >= 0.3 is 0 Å². The molecule has 0 spiro atoms. The lowest BCUT2D eigenvalue weighted by atomic mass is 10.3. The summed E-state index contributed by atoms with van der Waals surface area (Å²) in [6, 6.07) is 6.45. The van der Waals surface area contributed by atoms with Crippen LogP contribution in [0.5, 0.6) is 0 Å². The number of hydrogen-bond acceptors (Lipinski definition) is 1. The molecule has 0 atom stereocenters. The lowest BCUT2D eigenvalue weighted by Crippen LogP contribution is -2.18. The topological polar surface area (TPSA) is 3.24 Å². The van der Waals surface area contributed by atoms with Crippen molar-refractivity contribution in [1.82, 2.24) is 0 Å². The molecule has 13 heavy (non-hydrogen) atoms. The highest BCUT2D eigenvalue weighted by Gasteiger charge is 2.10. The van der Waals surface area contributed by atoms with Crippen LogP contribution in [-0.2, 0) is 0 Å². The molecule has 1 aliphatic rings. The second-order valence-electron chi connectivity index (χ2n) is 2.97. The molecule has 1 aromatic rings. The summed E-state index contributed by atoms with van der Waals surface area (Å²) in [5, 5.41) is 0. The monoisotopic (exact) mass is 349 g/mol. The van der Waals surface area contributed by atoms with Gasteiger partial charge in [0.25, 0.3) is 0 Å². The summed E-state index contributed by atoms with van der Waals surface area (Å²) in [7, 11) is 0. The molecule has 1 aliphatic heterocycles. The molecule has 0 amide bonds. The minimum Gasteiger partial charge on any atom is -0.363 e. The maximum atomic E-state index is 3.58. The van der Waals surface area contributed by atoms with Gasteiger partial charge in [-0.1, -0.05) is 12.2 Å². The van der Waals surface area contributed by atoms with Crippen LogP contribution in [0.3, 0.4) is 0 Å². The van der Waals surface area contributed by atoms with E-state index in [1.807, 2.05) is 0 Å². The minimum absolute atomic E-state index is 1.03. The Hall–Kier alpha value is -0.0300. The van der Waals surface area contributed by atoms with Crippen LogP contribution in [0.4, 0.5) is 5.69 Å². The van der Waals surface area contributed by atoms with Gasteiger partial charge in [-0.3, -0.25) is 0 Å². The predicted molar refractivity (Wildman–Crippen MR) is 68.2 cm³/mol. The zero-order valence-electron chi connectivity index (χ0n) is 7.00. The largest absolute Gasteiger partial charge is 0.363 e. The molecule has 0 radical (unpaired) electrons. The molecule has 1 nitrogen and oxygen atoms in total. The minimum atomic E-state index is 1.03. The fourth-order valence-electron chi connectivity index (χ4n) is 1.41. The Balaban J connectivity index is 2.30. The number of nitrogens with zero attached hydrogens (tertiary/aromatic N) is 1. The molecule has 0 N–H and O–H groups in total. The zero-order chi connectivity index (χ0) is 9.26. The first-order chi connectivity index (χ1) is 6.27. The fourth-order valence-corrected chi connectivity index (χ4v) is 2.96. The number of halogens is 2. The highest BCUT2D eigenvalue weighted by molar-refractivity contribution is 14.1. The normalized spacial score (nSPS) is 15.4. The predicted octanol–water partition coefficient (Wildman–Crippen LogP) is 3.43. The Morgan fingerprint density at radius 3 is 2.54 bits per heavy atom. The van der Waals surface area contributed by atoms with Crippen LogP contribution in [0.25, 0.3) is 0 Å². The van der Waals surface area contributed by atoms with Gasteiger partial charge in [-0.2, -0.15) is 0 Å². The van der Waals surface area contributed by atoms with Crippen molar-refractivity contribution >= 4 is 44.2 Å². The quantitative estimate of drug-likeness (QED) is 0.554. The van der Waals surface area contributed by atoms with Gasteiger partial charge in [0, 0.05) is 21.1 Å². The number of benzene rings is 1. The van der Waals surface area contributed by atoms with E-state index in [4.69, 9.17) is 0 Å². The molecule has 0 aliphatic carbocycles. The Morgan fingerprint density at radius 1 is 1.23 bits per heavy atom. The third kappa shape index (κ3) is 2.07. The highest BCUT2D eigenvalue weighted by Crippen LogP contribution is 2.28. The smallest absolute Gasteiger partial charge is 0.0517 e. The van der Waals surface area contributed by atoms with Crippen LogP contribution in [0.2, 0.25) is 0 Å². The molecule has 1 heterocycles. The van der Waals surface area contributed by atoms with Gasteiger partial charge in [0.2, 0.25) is 0 Å². The second kappa shape index (κ2) is 4.00. The van der Waals surface area contributed by atoms with E-state index in [2.05, 4.69) is 73.8 Å². The third-order valence-electron chi connectivity index (χ3n) is 2.07. The first kappa shape index (κ1) is 9.52. The maximum absolute atomic E-state index is 3.58. The summed E-state index contributed by atoms with van der Waals surface area (Å²) in [4.78, 5) is 2.33. The Kier molecular flexibility index (Phi) is 2.93. The van der Waals surface area contributed by atoms with E-state index < -0.39 is 0 Å². The van der Waals surface area contributed by atoms with Crippen molar-refractivity contribution in [2.24, 2.45) is 0 Å². The molecular formula is C10H9BrIN. The second-order valence-corrected chi connectivity index (χ2v) is 5.07. The molecule has 2 rings (SSSR count).